The number of carbonyl (C=O) groups excluding carboxylic acids is 1. The summed E-state index contributed by atoms with van der Waals surface area (Å²) in [5, 5.41) is 6.27. The van der Waals surface area contributed by atoms with Crippen LogP contribution in [-0.4, -0.2) is 15.7 Å². The first-order valence-electron chi connectivity index (χ1n) is 8.67. The van der Waals surface area contributed by atoms with Gasteiger partial charge >= 0.3 is 12.4 Å². The molecule has 4 rings (SSSR count). The van der Waals surface area contributed by atoms with E-state index >= 15 is 0 Å². The van der Waals surface area contributed by atoms with E-state index in [1.165, 1.54) is 18.2 Å². The first-order chi connectivity index (χ1) is 14.5. The molecule has 4 aromatic rings. The highest BCUT2D eigenvalue weighted by molar-refractivity contribution is 6.04. The Morgan fingerprint density at radius 1 is 0.903 bits per heavy atom. The Morgan fingerprint density at radius 3 is 2.19 bits per heavy atom. The number of aromatic nitrogens is 2. The van der Waals surface area contributed by atoms with Gasteiger partial charge in [0.05, 0.1) is 5.69 Å². The number of anilines is 1. The van der Waals surface area contributed by atoms with Crippen LogP contribution in [0.25, 0.3) is 16.7 Å². The number of nitrogens with one attached hydrogen (secondary N) is 1. The maximum Gasteiger partial charge on any atom is 0.435 e. The lowest BCUT2D eigenvalue weighted by molar-refractivity contribution is -0.143. The number of alkyl halides is 6. The molecule has 2 aromatic heterocycles. The molecule has 31 heavy (non-hydrogen) atoms. The minimum atomic E-state index is -5.05. The second-order valence-electron chi connectivity index (χ2n) is 6.47. The van der Waals surface area contributed by atoms with E-state index in [1.807, 2.05) is 0 Å². The molecule has 0 aliphatic heterocycles. The summed E-state index contributed by atoms with van der Waals surface area (Å²) >= 11 is 0. The highest BCUT2D eigenvalue weighted by Gasteiger charge is 2.42. The van der Waals surface area contributed by atoms with E-state index in [4.69, 9.17) is 4.42 Å². The van der Waals surface area contributed by atoms with Gasteiger partial charge in [-0.25, -0.2) is 4.68 Å². The van der Waals surface area contributed by atoms with Gasteiger partial charge in [0.15, 0.2) is 11.5 Å². The Bertz CT molecular complexity index is 1220. The summed E-state index contributed by atoms with van der Waals surface area (Å²) in [5.41, 5.74) is -2.79. The lowest BCUT2D eigenvalue weighted by atomic mass is 10.2. The third-order valence-corrected chi connectivity index (χ3v) is 4.31. The van der Waals surface area contributed by atoms with Crippen molar-refractivity contribution in [3.63, 3.8) is 0 Å². The summed E-state index contributed by atoms with van der Waals surface area (Å²) in [6.07, 6.45) is -10.1. The average molecular weight is 439 g/mol. The van der Waals surface area contributed by atoms with Crippen LogP contribution in [0.15, 0.2) is 65.1 Å². The summed E-state index contributed by atoms with van der Waals surface area (Å²) in [6, 6.07) is 13.1. The predicted molar refractivity (Wildman–Crippen MR) is 97.7 cm³/mol. The number of benzene rings is 2. The lowest BCUT2D eigenvalue weighted by Crippen LogP contribution is -2.14. The van der Waals surface area contributed by atoms with Crippen molar-refractivity contribution in [2.24, 2.45) is 0 Å². The fourth-order valence-electron chi connectivity index (χ4n) is 2.89. The van der Waals surface area contributed by atoms with Gasteiger partial charge in [-0.2, -0.15) is 31.4 Å². The SMILES string of the molecule is O=C(Nc1ccc(-n2nc(C(F)(F)F)cc2C(F)(F)F)cc1)c1cc2ccccc2o1. The largest absolute Gasteiger partial charge is 0.451 e. The summed E-state index contributed by atoms with van der Waals surface area (Å²) < 4.78 is 83.6. The Morgan fingerprint density at radius 2 is 1.58 bits per heavy atom. The fraction of sp³-hybridized carbons (Fsp3) is 0.100. The normalized spacial score (nSPS) is 12.3. The monoisotopic (exact) mass is 439 g/mol. The van der Waals surface area contributed by atoms with E-state index in [2.05, 4.69) is 10.4 Å². The zero-order valence-electron chi connectivity index (χ0n) is 15.3. The van der Waals surface area contributed by atoms with Gasteiger partial charge in [0.2, 0.25) is 0 Å². The maximum atomic E-state index is 13.2. The van der Waals surface area contributed by atoms with Crippen molar-refractivity contribution in [3.8, 4) is 5.69 Å². The number of amides is 1. The van der Waals surface area contributed by atoms with Crippen molar-refractivity contribution in [3.05, 3.63) is 77.8 Å². The number of halogens is 6. The number of rotatable bonds is 3. The molecule has 0 saturated carbocycles. The molecule has 1 N–H and O–H groups in total. The standard InChI is InChI=1S/C20H11F6N3O2/c21-19(22,23)16-10-17(20(24,25)26)29(28-16)13-7-5-12(6-8-13)27-18(30)15-9-11-3-1-2-4-14(11)31-15/h1-10H,(H,27,30). The predicted octanol–water partition coefficient (Wildman–Crippen LogP) is 5.91. The molecule has 0 fully saturated rings. The van der Waals surface area contributed by atoms with Crippen molar-refractivity contribution >= 4 is 22.6 Å². The third kappa shape index (κ3) is 4.11. The number of carbonyl (C=O) groups is 1. The van der Waals surface area contributed by atoms with Gasteiger partial charge in [0.1, 0.15) is 11.3 Å². The summed E-state index contributed by atoms with van der Waals surface area (Å²) in [6.45, 7) is 0. The van der Waals surface area contributed by atoms with Crippen LogP contribution in [0.3, 0.4) is 0 Å². The number of nitrogens with zero attached hydrogens (tertiary/aromatic N) is 2. The van der Waals surface area contributed by atoms with E-state index in [9.17, 15) is 31.1 Å². The molecule has 5 nitrogen and oxygen atoms in total. The van der Waals surface area contributed by atoms with Crippen LogP contribution in [0.4, 0.5) is 32.0 Å². The Hall–Kier alpha value is -3.76. The molecule has 2 heterocycles. The van der Waals surface area contributed by atoms with E-state index in [1.54, 1.807) is 24.3 Å². The zero-order chi connectivity index (χ0) is 22.4. The molecule has 160 valence electrons. The van der Waals surface area contributed by atoms with Gasteiger partial charge in [-0.1, -0.05) is 18.2 Å². The minimum absolute atomic E-state index is 0.0199. The molecule has 0 bridgehead atoms. The molecule has 0 unspecified atom stereocenters. The third-order valence-electron chi connectivity index (χ3n) is 4.31. The molecule has 0 aliphatic rings. The number of furan rings is 1. The number of hydrogen-bond acceptors (Lipinski definition) is 3. The van der Waals surface area contributed by atoms with Crippen LogP contribution in [0.5, 0.6) is 0 Å². The van der Waals surface area contributed by atoms with Crippen LogP contribution >= 0.6 is 0 Å². The summed E-state index contributed by atoms with van der Waals surface area (Å²) in [4.78, 5) is 12.3. The van der Waals surface area contributed by atoms with Crippen LogP contribution in [0.2, 0.25) is 0 Å². The Balaban J connectivity index is 1.59. The quantitative estimate of drug-likeness (QED) is 0.404. The smallest absolute Gasteiger partial charge is 0.435 e. The average Bonchev–Trinajstić information content (AvgIpc) is 3.33. The number of para-hydroxylation sites is 1. The van der Waals surface area contributed by atoms with Crippen molar-refractivity contribution in [2.75, 3.05) is 5.32 Å². The van der Waals surface area contributed by atoms with Crippen LogP contribution in [0, 0.1) is 0 Å². The molecule has 0 aliphatic carbocycles. The molecule has 0 spiro atoms. The highest BCUT2D eigenvalue weighted by Crippen LogP contribution is 2.36. The lowest BCUT2D eigenvalue weighted by Gasteiger charge is -2.11. The summed E-state index contributed by atoms with van der Waals surface area (Å²) in [7, 11) is 0. The maximum absolute atomic E-state index is 13.2. The second-order valence-corrected chi connectivity index (χ2v) is 6.47. The van der Waals surface area contributed by atoms with E-state index < -0.39 is 29.6 Å². The zero-order valence-corrected chi connectivity index (χ0v) is 15.3. The highest BCUT2D eigenvalue weighted by atomic mass is 19.4. The van der Waals surface area contributed by atoms with Crippen molar-refractivity contribution < 1.29 is 35.6 Å². The number of fused-ring (bicyclic) bond motifs is 1. The van der Waals surface area contributed by atoms with Crippen LogP contribution < -0.4 is 5.32 Å². The first kappa shape index (κ1) is 20.5. The van der Waals surface area contributed by atoms with E-state index in [0.717, 1.165) is 12.1 Å². The number of hydrogen-bond donors (Lipinski definition) is 1. The molecular formula is C20H11F6N3O2. The second kappa shape index (κ2) is 7.18. The molecule has 0 radical (unpaired) electrons. The summed E-state index contributed by atoms with van der Waals surface area (Å²) in [5.74, 6) is -0.579. The van der Waals surface area contributed by atoms with Gasteiger partial charge in [-0.15, -0.1) is 0 Å². The van der Waals surface area contributed by atoms with Crippen molar-refractivity contribution in [2.45, 2.75) is 12.4 Å². The minimum Gasteiger partial charge on any atom is -0.451 e. The van der Waals surface area contributed by atoms with E-state index in [-0.39, 0.29) is 27.9 Å². The van der Waals surface area contributed by atoms with Gasteiger partial charge in [0, 0.05) is 17.1 Å². The molecule has 11 heteroatoms. The molecule has 0 saturated heterocycles. The van der Waals surface area contributed by atoms with Crippen LogP contribution in [-0.2, 0) is 12.4 Å². The molecule has 0 atom stereocenters. The van der Waals surface area contributed by atoms with Gasteiger partial charge in [-0.05, 0) is 36.4 Å². The molecular weight excluding hydrogens is 428 g/mol. The van der Waals surface area contributed by atoms with Crippen molar-refractivity contribution in [1.29, 1.82) is 0 Å². The van der Waals surface area contributed by atoms with Gasteiger partial charge in [0.25, 0.3) is 5.91 Å². The van der Waals surface area contributed by atoms with Gasteiger partial charge < -0.3 is 9.73 Å². The van der Waals surface area contributed by atoms with Gasteiger partial charge in [-0.3, -0.25) is 4.79 Å². The Labute approximate surface area is 169 Å². The van der Waals surface area contributed by atoms with Crippen LogP contribution in [0.1, 0.15) is 21.9 Å². The molecule has 1 amide bonds. The molecule has 2 aromatic carbocycles. The first-order valence-corrected chi connectivity index (χ1v) is 8.67. The fourth-order valence-corrected chi connectivity index (χ4v) is 2.89. The van der Waals surface area contributed by atoms with Crippen molar-refractivity contribution in [1.82, 2.24) is 9.78 Å². The topological polar surface area (TPSA) is 60.1 Å². The van der Waals surface area contributed by atoms with E-state index in [0.29, 0.717) is 11.0 Å². The Kier molecular flexibility index (Phi) is 4.75.